The molecule has 1 heterocycles. The number of aliphatic hydroxyl groups excluding tert-OH is 1. The van der Waals surface area contributed by atoms with E-state index in [4.69, 9.17) is 5.11 Å². The minimum Gasteiger partial charge on any atom is -0.392 e. The van der Waals surface area contributed by atoms with Gasteiger partial charge in [-0.25, -0.2) is 0 Å². The van der Waals surface area contributed by atoms with Gasteiger partial charge < -0.3 is 5.11 Å². The van der Waals surface area contributed by atoms with Crippen molar-refractivity contribution in [1.29, 1.82) is 0 Å². The Balaban J connectivity index is 2.90. The van der Waals surface area contributed by atoms with E-state index in [0.29, 0.717) is 6.54 Å². The third kappa shape index (κ3) is 2.17. The molecule has 0 unspecified atom stereocenters. The maximum atomic E-state index is 8.88. The Bertz CT molecular complexity index is 198. The van der Waals surface area contributed by atoms with Gasteiger partial charge in [-0.05, 0) is 6.26 Å². The van der Waals surface area contributed by atoms with Crippen LogP contribution in [0.15, 0.2) is 20.6 Å². The van der Waals surface area contributed by atoms with Gasteiger partial charge in [0.1, 0.15) is 5.03 Å². The van der Waals surface area contributed by atoms with Crippen LogP contribution >= 0.6 is 11.8 Å². The number of aliphatic hydroxyl groups is 1. The number of hydrogen-bond donors (Lipinski definition) is 1. The molecule has 60 valence electrons. The molecule has 3 nitrogen and oxygen atoms in total. The lowest BCUT2D eigenvalue weighted by Gasteiger charge is -1.98. The fourth-order valence-corrected chi connectivity index (χ4v) is 1.32. The lowest BCUT2D eigenvalue weighted by Crippen LogP contribution is -1.93. The van der Waals surface area contributed by atoms with Crippen LogP contribution in [0.25, 0.3) is 0 Å². The summed E-state index contributed by atoms with van der Waals surface area (Å²) < 4.78 is 0. The molecule has 0 amide bonds. The van der Waals surface area contributed by atoms with Gasteiger partial charge in [0, 0.05) is 18.0 Å². The summed E-state index contributed by atoms with van der Waals surface area (Å²) in [7, 11) is 0. The van der Waals surface area contributed by atoms with Crippen LogP contribution in [-0.2, 0) is 0 Å². The van der Waals surface area contributed by atoms with E-state index in [1.54, 1.807) is 12.4 Å². The molecule has 0 spiro atoms. The fourth-order valence-electron chi connectivity index (χ4n) is 0.764. The minimum atomic E-state index is 0.0109. The fraction of sp³-hybridized carbons (Fsp3) is 0.429. The highest BCUT2D eigenvalue weighted by atomic mass is 32.2. The zero-order valence-corrected chi connectivity index (χ0v) is 7.14. The van der Waals surface area contributed by atoms with Crippen molar-refractivity contribution in [3.05, 3.63) is 10.6 Å². The first-order valence-corrected chi connectivity index (χ1v) is 4.51. The van der Waals surface area contributed by atoms with Crippen LogP contribution in [0.2, 0.25) is 0 Å². The van der Waals surface area contributed by atoms with Crippen LogP contribution in [0, 0.1) is 0 Å². The summed E-state index contributed by atoms with van der Waals surface area (Å²) in [4.78, 5) is 8.14. The lowest BCUT2D eigenvalue weighted by atomic mass is 10.3. The van der Waals surface area contributed by atoms with E-state index >= 15 is 0 Å². The van der Waals surface area contributed by atoms with Crippen LogP contribution in [0.5, 0.6) is 0 Å². The largest absolute Gasteiger partial charge is 0.392 e. The molecule has 0 aliphatic carbocycles. The van der Waals surface area contributed by atoms with E-state index < -0.39 is 0 Å². The Labute approximate surface area is 69.9 Å². The maximum absolute atomic E-state index is 8.88. The summed E-state index contributed by atoms with van der Waals surface area (Å²) in [5.41, 5.74) is 0.797. The van der Waals surface area contributed by atoms with E-state index in [9.17, 15) is 0 Å². The molecular weight excluding hydrogens is 160 g/mol. The zero-order valence-electron chi connectivity index (χ0n) is 6.32. The Morgan fingerprint density at radius 1 is 1.73 bits per heavy atom. The van der Waals surface area contributed by atoms with Gasteiger partial charge in [-0.15, -0.1) is 11.8 Å². The lowest BCUT2D eigenvalue weighted by molar-refractivity contribution is 0.337. The summed E-state index contributed by atoms with van der Waals surface area (Å²) in [6.07, 6.45) is 5.35. The monoisotopic (exact) mass is 170 g/mol. The maximum Gasteiger partial charge on any atom is 0.102 e. The second-order valence-electron chi connectivity index (χ2n) is 2.00. The summed E-state index contributed by atoms with van der Waals surface area (Å²) in [6.45, 7) is 0.616. The third-order valence-corrected chi connectivity index (χ3v) is 2.04. The highest BCUT2D eigenvalue weighted by Crippen LogP contribution is 2.17. The average Bonchev–Trinajstić information content (AvgIpc) is 2.27. The second-order valence-corrected chi connectivity index (χ2v) is 2.79. The van der Waals surface area contributed by atoms with Gasteiger partial charge in [-0.1, -0.05) is 0 Å². The Kier molecular flexibility index (Phi) is 3.32. The van der Waals surface area contributed by atoms with Crippen LogP contribution in [0.3, 0.4) is 0 Å². The number of thioether (sulfide) groups is 1. The summed E-state index contributed by atoms with van der Waals surface area (Å²) in [5, 5.41) is 9.74. The Morgan fingerprint density at radius 2 is 2.55 bits per heavy atom. The van der Waals surface area contributed by atoms with Crippen LogP contribution in [-0.4, -0.2) is 36.9 Å². The van der Waals surface area contributed by atoms with Gasteiger partial charge in [-0.3, -0.25) is 9.98 Å². The smallest absolute Gasteiger partial charge is 0.102 e. The average molecular weight is 170 g/mol. The summed E-state index contributed by atoms with van der Waals surface area (Å²) in [6, 6.07) is 0. The molecule has 0 aromatic rings. The van der Waals surface area contributed by atoms with Gasteiger partial charge in [0.2, 0.25) is 0 Å². The molecule has 1 rings (SSSR count). The first-order chi connectivity index (χ1) is 5.38. The van der Waals surface area contributed by atoms with Gasteiger partial charge >= 0.3 is 0 Å². The molecule has 0 bridgehead atoms. The standard InChI is InChI=1S/C7H10N2OS/c1-11-7-6(5-10)4-8-2-3-9-7/h3-4,10H,2,5H2,1H3. The van der Waals surface area contributed by atoms with Crippen molar-refractivity contribution in [1.82, 2.24) is 0 Å². The van der Waals surface area contributed by atoms with Gasteiger partial charge in [0.25, 0.3) is 0 Å². The van der Waals surface area contributed by atoms with E-state index in [-0.39, 0.29) is 6.61 Å². The molecule has 0 aromatic carbocycles. The molecule has 1 N–H and O–H groups in total. The van der Waals surface area contributed by atoms with Crippen LogP contribution in [0.4, 0.5) is 0 Å². The van der Waals surface area contributed by atoms with Crippen molar-refractivity contribution in [2.75, 3.05) is 19.4 Å². The van der Waals surface area contributed by atoms with Crippen molar-refractivity contribution in [3.63, 3.8) is 0 Å². The molecule has 0 atom stereocenters. The minimum absolute atomic E-state index is 0.0109. The summed E-state index contributed by atoms with van der Waals surface area (Å²) in [5.74, 6) is 0. The zero-order chi connectivity index (χ0) is 8.10. The summed E-state index contributed by atoms with van der Waals surface area (Å²) >= 11 is 1.52. The van der Waals surface area contributed by atoms with Crippen LogP contribution in [0.1, 0.15) is 0 Å². The van der Waals surface area contributed by atoms with Crippen molar-refractivity contribution in [2.45, 2.75) is 0 Å². The highest BCUT2D eigenvalue weighted by Gasteiger charge is 2.02. The van der Waals surface area contributed by atoms with Gasteiger partial charge in [-0.2, -0.15) is 0 Å². The molecule has 0 saturated heterocycles. The molecule has 4 heteroatoms. The normalized spacial score (nSPS) is 17.3. The highest BCUT2D eigenvalue weighted by molar-refractivity contribution is 8.02. The van der Waals surface area contributed by atoms with Crippen molar-refractivity contribution < 1.29 is 5.11 Å². The SMILES string of the molecule is CSC1=C(CO)C=NCC=N1. The van der Waals surface area contributed by atoms with Crippen LogP contribution < -0.4 is 0 Å². The van der Waals surface area contributed by atoms with E-state index in [1.807, 2.05) is 6.26 Å². The van der Waals surface area contributed by atoms with Crippen molar-refractivity contribution >= 4 is 24.2 Å². The first-order valence-electron chi connectivity index (χ1n) is 3.29. The topological polar surface area (TPSA) is 45.0 Å². The molecule has 11 heavy (non-hydrogen) atoms. The van der Waals surface area contributed by atoms with E-state index in [2.05, 4.69) is 9.98 Å². The Hall–Kier alpha value is -0.610. The van der Waals surface area contributed by atoms with Gasteiger partial charge in [0.05, 0.1) is 13.2 Å². The number of nitrogens with zero attached hydrogens (tertiary/aromatic N) is 2. The first kappa shape index (κ1) is 8.49. The van der Waals surface area contributed by atoms with Gasteiger partial charge in [0.15, 0.2) is 0 Å². The molecule has 0 fully saturated rings. The number of hydrogen-bond acceptors (Lipinski definition) is 4. The van der Waals surface area contributed by atoms with E-state index in [0.717, 1.165) is 10.6 Å². The predicted octanol–water partition coefficient (Wildman–Crippen LogP) is 0.709. The molecule has 1 aliphatic heterocycles. The third-order valence-electron chi connectivity index (χ3n) is 1.28. The molecule has 0 aromatic heterocycles. The van der Waals surface area contributed by atoms with Crippen molar-refractivity contribution in [2.24, 2.45) is 9.98 Å². The molecule has 1 aliphatic rings. The quantitative estimate of drug-likeness (QED) is 0.663. The van der Waals surface area contributed by atoms with E-state index in [1.165, 1.54) is 11.8 Å². The Morgan fingerprint density at radius 3 is 3.18 bits per heavy atom. The second kappa shape index (κ2) is 4.31. The molecule has 0 saturated carbocycles. The van der Waals surface area contributed by atoms with Crippen molar-refractivity contribution in [3.8, 4) is 0 Å². The molecule has 0 radical (unpaired) electrons. The molecular formula is C7H10N2OS. The number of aliphatic imine (C=N–C) groups is 2. The number of rotatable bonds is 2. The predicted molar refractivity (Wildman–Crippen MR) is 49.5 cm³/mol.